The second kappa shape index (κ2) is 11.9. The molecule has 1 aliphatic carbocycles. The Hall–Kier alpha value is -6.78. The van der Waals surface area contributed by atoms with E-state index in [1.165, 1.54) is 43.1 Å². The molecule has 2 heterocycles. The van der Waals surface area contributed by atoms with Crippen molar-refractivity contribution in [3.8, 4) is 22.3 Å². The monoisotopic (exact) mass is 679 g/mol. The first-order valence-electron chi connectivity index (χ1n) is 18.3. The van der Waals surface area contributed by atoms with E-state index in [4.69, 9.17) is 14.4 Å². The summed E-state index contributed by atoms with van der Waals surface area (Å²) in [5.74, 6) is 1.88. The summed E-state index contributed by atoms with van der Waals surface area (Å²) in [5, 5.41) is 13.5. The maximum Gasteiger partial charge on any atom is 0.159 e. The molecule has 11 rings (SSSR count). The lowest BCUT2D eigenvalue weighted by Crippen LogP contribution is -2.37. The predicted molar refractivity (Wildman–Crippen MR) is 221 cm³/mol. The van der Waals surface area contributed by atoms with Crippen LogP contribution in [0.2, 0.25) is 0 Å². The molecule has 0 saturated heterocycles. The van der Waals surface area contributed by atoms with Gasteiger partial charge in [-0.1, -0.05) is 152 Å². The highest BCUT2D eigenvalue weighted by atomic mass is 16.3. The number of benzene rings is 8. The van der Waals surface area contributed by atoms with E-state index in [0.717, 1.165) is 62.6 Å². The minimum atomic E-state index is -0.226. The Labute approximate surface area is 306 Å². The highest BCUT2D eigenvalue weighted by molar-refractivity contribution is 6.34. The number of hydrogen-bond donors (Lipinski definition) is 1. The molecule has 0 saturated carbocycles. The van der Waals surface area contributed by atoms with Gasteiger partial charge in [0, 0.05) is 27.8 Å². The van der Waals surface area contributed by atoms with Crippen molar-refractivity contribution in [2.45, 2.75) is 12.6 Å². The van der Waals surface area contributed by atoms with Crippen LogP contribution >= 0.6 is 0 Å². The van der Waals surface area contributed by atoms with Crippen molar-refractivity contribution in [1.29, 1.82) is 0 Å². The average molecular weight is 680 g/mol. The molecule has 9 aromatic rings. The molecule has 0 fully saturated rings. The van der Waals surface area contributed by atoms with Gasteiger partial charge in [0.05, 0.1) is 0 Å². The average Bonchev–Trinajstić information content (AvgIpc) is 3.64. The van der Waals surface area contributed by atoms with Crippen molar-refractivity contribution >= 4 is 65.9 Å². The third-order valence-electron chi connectivity index (χ3n) is 11.0. The largest absolute Gasteiger partial charge is 0.455 e. The van der Waals surface area contributed by atoms with Crippen molar-refractivity contribution in [2.24, 2.45) is 15.9 Å². The maximum absolute atomic E-state index is 6.62. The smallest absolute Gasteiger partial charge is 0.159 e. The number of aliphatic imine (C=N–C) groups is 2. The number of amidine groups is 2. The fourth-order valence-electron chi connectivity index (χ4n) is 8.32. The van der Waals surface area contributed by atoms with Gasteiger partial charge in [-0.25, -0.2) is 9.98 Å². The lowest BCUT2D eigenvalue weighted by molar-refractivity contribution is 0.643. The molecule has 0 bridgehead atoms. The molecule has 0 spiro atoms. The molecule has 2 unspecified atom stereocenters. The lowest BCUT2D eigenvalue weighted by Gasteiger charge is -2.27. The van der Waals surface area contributed by atoms with Gasteiger partial charge in [-0.05, 0) is 79.2 Å². The van der Waals surface area contributed by atoms with Gasteiger partial charge in [-0.15, -0.1) is 0 Å². The van der Waals surface area contributed by atoms with Gasteiger partial charge in [-0.3, -0.25) is 0 Å². The van der Waals surface area contributed by atoms with Crippen LogP contribution in [0.15, 0.2) is 184 Å². The van der Waals surface area contributed by atoms with Crippen LogP contribution in [-0.4, -0.2) is 11.7 Å². The van der Waals surface area contributed by atoms with Crippen LogP contribution in [0.4, 0.5) is 0 Å². The van der Waals surface area contributed by atoms with Crippen molar-refractivity contribution < 1.29 is 4.42 Å². The number of rotatable bonds is 5. The molecule has 4 nitrogen and oxygen atoms in total. The maximum atomic E-state index is 6.62. The topological polar surface area (TPSA) is 49.9 Å². The second-order valence-corrected chi connectivity index (χ2v) is 14.1. The lowest BCUT2D eigenvalue weighted by atomic mass is 9.91. The zero-order valence-electron chi connectivity index (χ0n) is 28.8. The minimum Gasteiger partial charge on any atom is -0.455 e. The quantitative estimate of drug-likeness (QED) is 0.184. The van der Waals surface area contributed by atoms with Crippen LogP contribution in [0.25, 0.3) is 76.5 Å². The van der Waals surface area contributed by atoms with Crippen LogP contribution in [0.3, 0.4) is 0 Å². The summed E-state index contributed by atoms with van der Waals surface area (Å²) >= 11 is 0. The SMILES string of the molecule is C1=CCC(C2=NC(c3ccc(-c4ccc(-c5ccc6c7ccccc7c7cccc8oc5c6c87)cc4)cc3)=NC(c3ccc4ccccc4c3)N2)C=C1. The molecule has 1 N–H and O–H groups in total. The molecule has 1 aromatic heterocycles. The van der Waals surface area contributed by atoms with E-state index >= 15 is 0 Å². The summed E-state index contributed by atoms with van der Waals surface area (Å²) in [6.45, 7) is 0. The van der Waals surface area contributed by atoms with E-state index in [2.05, 4.69) is 175 Å². The number of hydrogen-bond acceptors (Lipinski definition) is 4. The van der Waals surface area contributed by atoms with Crippen LogP contribution in [0, 0.1) is 5.92 Å². The van der Waals surface area contributed by atoms with E-state index in [1.54, 1.807) is 0 Å². The molecular formula is C49H33N3O. The first-order chi connectivity index (χ1) is 26.2. The molecule has 8 aromatic carbocycles. The molecular weight excluding hydrogens is 647 g/mol. The second-order valence-electron chi connectivity index (χ2n) is 14.1. The summed E-state index contributed by atoms with van der Waals surface area (Å²) in [7, 11) is 0. The first-order valence-corrected chi connectivity index (χ1v) is 18.3. The summed E-state index contributed by atoms with van der Waals surface area (Å²) in [6, 6.07) is 52.1. The number of furan rings is 1. The summed E-state index contributed by atoms with van der Waals surface area (Å²) in [5.41, 5.74) is 8.54. The van der Waals surface area contributed by atoms with Crippen LogP contribution < -0.4 is 5.32 Å². The van der Waals surface area contributed by atoms with E-state index in [0.29, 0.717) is 0 Å². The Balaban J connectivity index is 0.928. The third-order valence-corrected chi connectivity index (χ3v) is 11.0. The molecule has 2 aliphatic rings. The Morgan fingerprint density at radius 3 is 2.04 bits per heavy atom. The van der Waals surface area contributed by atoms with Gasteiger partial charge in [0.2, 0.25) is 0 Å². The van der Waals surface area contributed by atoms with E-state index in [1.807, 2.05) is 0 Å². The standard InChI is InChI=1S/C49H33N3O/c1-2-10-34(11-3-1)47-50-48(52-49(51-47)37-26-21-30-9-4-5-12-36(30)29-37)35-24-19-32(20-25-35)31-17-22-33(23-18-31)38-27-28-42-40-14-7-6-13-39(40)41-15-8-16-43-44(41)45(42)46(38)53-43/h1-10,12-29,34,49H,11H2,(H,50,51,52). The molecule has 0 amide bonds. The molecule has 4 heteroatoms. The fourth-order valence-corrected chi connectivity index (χ4v) is 8.32. The molecule has 1 aliphatic heterocycles. The van der Waals surface area contributed by atoms with Gasteiger partial charge in [0.1, 0.15) is 23.2 Å². The Morgan fingerprint density at radius 2 is 1.26 bits per heavy atom. The summed E-state index contributed by atoms with van der Waals surface area (Å²) in [6.07, 6.45) is 9.32. The minimum absolute atomic E-state index is 0.184. The van der Waals surface area contributed by atoms with Gasteiger partial charge in [0.15, 0.2) is 5.84 Å². The van der Waals surface area contributed by atoms with Gasteiger partial charge in [-0.2, -0.15) is 0 Å². The Kier molecular flexibility index (Phi) is 6.71. The van der Waals surface area contributed by atoms with Gasteiger partial charge in [0.25, 0.3) is 0 Å². The van der Waals surface area contributed by atoms with Crippen molar-refractivity contribution in [3.63, 3.8) is 0 Å². The van der Waals surface area contributed by atoms with E-state index < -0.39 is 0 Å². The number of fused-ring (bicyclic) bond motifs is 4. The Bertz CT molecular complexity index is 3000. The molecule has 0 radical (unpaired) electrons. The zero-order valence-corrected chi connectivity index (χ0v) is 28.8. The summed E-state index contributed by atoms with van der Waals surface area (Å²) < 4.78 is 6.62. The number of allylic oxidation sites excluding steroid dienone is 3. The zero-order chi connectivity index (χ0) is 34.9. The van der Waals surface area contributed by atoms with Crippen molar-refractivity contribution in [2.75, 3.05) is 0 Å². The molecule has 2 atom stereocenters. The Morgan fingerprint density at radius 1 is 0.566 bits per heavy atom. The van der Waals surface area contributed by atoms with Crippen molar-refractivity contribution in [3.05, 3.63) is 181 Å². The van der Waals surface area contributed by atoms with E-state index in [9.17, 15) is 0 Å². The van der Waals surface area contributed by atoms with E-state index in [-0.39, 0.29) is 12.1 Å². The van der Waals surface area contributed by atoms with Crippen molar-refractivity contribution in [1.82, 2.24) is 5.32 Å². The highest BCUT2D eigenvalue weighted by Crippen LogP contribution is 2.45. The normalized spacial score (nSPS) is 17.2. The van der Waals surface area contributed by atoms with Crippen LogP contribution in [0.5, 0.6) is 0 Å². The molecule has 53 heavy (non-hydrogen) atoms. The van der Waals surface area contributed by atoms with Crippen LogP contribution in [-0.2, 0) is 0 Å². The van der Waals surface area contributed by atoms with Gasteiger partial charge < -0.3 is 9.73 Å². The molecule has 250 valence electrons. The predicted octanol–water partition coefficient (Wildman–Crippen LogP) is 12.4. The van der Waals surface area contributed by atoms with Gasteiger partial charge >= 0.3 is 0 Å². The first kappa shape index (κ1) is 29.9. The van der Waals surface area contributed by atoms with Crippen LogP contribution in [0.1, 0.15) is 23.7 Å². The number of nitrogens with zero attached hydrogens (tertiary/aromatic N) is 2. The summed E-state index contributed by atoms with van der Waals surface area (Å²) in [4.78, 5) is 10.2. The fraction of sp³-hybridized carbons (Fsp3) is 0.0612. The highest BCUT2D eigenvalue weighted by Gasteiger charge is 2.25. The number of nitrogens with one attached hydrogen (secondary N) is 1. The third kappa shape index (κ3) is 4.91.